The zero-order chi connectivity index (χ0) is 10.8. The van der Waals surface area contributed by atoms with E-state index in [0.29, 0.717) is 5.56 Å². The molecular formula is C11H9BrFNS. The first-order valence-corrected chi connectivity index (χ1v) is 6.28. The number of hydrogen-bond donors (Lipinski definition) is 0. The topological polar surface area (TPSA) is 12.9 Å². The minimum absolute atomic E-state index is 0.230. The van der Waals surface area contributed by atoms with Crippen LogP contribution in [0.4, 0.5) is 4.39 Å². The monoisotopic (exact) mass is 285 g/mol. The fourth-order valence-corrected chi connectivity index (χ4v) is 2.40. The van der Waals surface area contributed by atoms with Gasteiger partial charge in [-0.2, -0.15) is 0 Å². The highest BCUT2D eigenvalue weighted by Gasteiger charge is 2.09. The second kappa shape index (κ2) is 4.41. The van der Waals surface area contributed by atoms with Crippen LogP contribution in [0.1, 0.15) is 11.9 Å². The minimum atomic E-state index is -0.230. The lowest BCUT2D eigenvalue weighted by Gasteiger charge is -1.99. The zero-order valence-electron chi connectivity index (χ0n) is 8.13. The highest BCUT2D eigenvalue weighted by molar-refractivity contribution is 9.10. The Morgan fingerprint density at radius 2 is 2.27 bits per heavy atom. The van der Waals surface area contributed by atoms with Gasteiger partial charge in [0.25, 0.3) is 0 Å². The average molecular weight is 286 g/mol. The number of nitrogens with zero attached hydrogens (tertiary/aromatic N) is 1. The first-order valence-electron chi connectivity index (χ1n) is 4.60. The molecule has 0 fully saturated rings. The van der Waals surface area contributed by atoms with E-state index in [9.17, 15) is 4.39 Å². The quantitative estimate of drug-likeness (QED) is 0.803. The first-order chi connectivity index (χ1) is 7.20. The van der Waals surface area contributed by atoms with Crippen LogP contribution in [0.5, 0.6) is 0 Å². The van der Waals surface area contributed by atoms with Crippen molar-refractivity contribution in [1.29, 1.82) is 0 Å². The van der Waals surface area contributed by atoms with Crippen LogP contribution in [0.2, 0.25) is 0 Å². The molecule has 15 heavy (non-hydrogen) atoms. The van der Waals surface area contributed by atoms with Gasteiger partial charge in [-0.05, 0) is 24.6 Å². The smallest absolute Gasteiger partial charge is 0.132 e. The Balaban J connectivity index is 2.48. The lowest BCUT2D eigenvalue weighted by atomic mass is 10.1. The van der Waals surface area contributed by atoms with Gasteiger partial charge in [0.2, 0.25) is 0 Å². The molecule has 1 heterocycles. The fraction of sp³-hybridized carbons (Fsp3) is 0.182. The Labute approximate surface area is 100 Å². The van der Waals surface area contributed by atoms with Crippen LogP contribution in [0.3, 0.4) is 0 Å². The summed E-state index contributed by atoms with van der Waals surface area (Å²) in [4.78, 5) is 4.36. The molecule has 0 saturated carbocycles. The van der Waals surface area contributed by atoms with Gasteiger partial charge in [0.15, 0.2) is 0 Å². The van der Waals surface area contributed by atoms with Crippen molar-refractivity contribution in [3.63, 3.8) is 0 Å². The number of aromatic nitrogens is 1. The van der Waals surface area contributed by atoms with E-state index in [1.165, 1.54) is 6.07 Å². The molecule has 0 atom stereocenters. The second-order valence-electron chi connectivity index (χ2n) is 3.10. The fourth-order valence-electron chi connectivity index (χ4n) is 1.29. The largest absolute Gasteiger partial charge is 0.241 e. The SMILES string of the molecule is CCc1nc(-c2cc(Br)ccc2F)cs1. The van der Waals surface area contributed by atoms with Gasteiger partial charge in [0.1, 0.15) is 5.82 Å². The standard InChI is InChI=1S/C11H9BrFNS/c1-2-11-14-10(6-15-11)8-5-7(12)3-4-9(8)13/h3-6H,2H2,1H3. The highest BCUT2D eigenvalue weighted by atomic mass is 79.9. The molecule has 0 aliphatic rings. The van der Waals surface area contributed by atoms with Crippen LogP contribution in [0.25, 0.3) is 11.3 Å². The summed E-state index contributed by atoms with van der Waals surface area (Å²) in [5.41, 5.74) is 1.27. The average Bonchev–Trinajstić information content (AvgIpc) is 2.70. The summed E-state index contributed by atoms with van der Waals surface area (Å²) in [5, 5.41) is 2.92. The van der Waals surface area contributed by atoms with Gasteiger partial charge in [-0.3, -0.25) is 0 Å². The molecule has 0 N–H and O–H groups in total. The Hall–Kier alpha value is -0.740. The summed E-state index contributed by atoms with van der Waals surface area (Å²) in [6.07, 6.45) is 0.889. The van der Waals surface area contributed by atoms with Crippen molar-refractivity contribution < 1.29 is 4.39 Å². The van der Waals surface area contributed by atoms with Crippen LogP contribution in [0, 0.1) is 5.82 Å². The van der Waals surface area contributed by atoms with Gasteiger partial charge in [-0.25, -0.2) is 9.37 Å². The molecular weight excluding hydrogens is 277 g/mol. The molecule has 0 radical (unpaired) electrons. The Morgan fingerprint density at radius 1 is 1.47 bits per heavy atom. The van der Waals surface area contributed by atoms with Crippen LogP contribution in [0.15, 0.2) is 28.1 Å². The molecule has 2 aromatic rings. The van der Waals surface area contributed by atoms with E-state index < -0.39 is 0 Å². The van der Waals surface area contributed by atoms with E-state index in [-0.39, 0.29) is 5.82 Å². The Morgan fingerprint density at radius 3 is 2.93 bits per heavy atom. The normalized spacial score (nSPS) is 10.6. The molecule has 1 aromatic heterocycles. The number of thiazole rings is 1. The molecule has 4 heteroatoms. The lowest BCUT2D eigenvalue weighted by Crippen LogP contribution is -1.85. The van der Waals surface area contributed by atoms with E-state index in [1.807, 2.05) is 12.3 Å². The first kappa shape index (κ1) is 10.8. The summed E-state index contributed by atoms with van der Waals surface area (Å²) < 4.78 is 14.4. The summed E-state index contributed by atoms with van der Waals surface area (Å²) >= 11 is 4.89. The summed E-state index contributed by atoms with van der Waals surface area (Å²) in [5.74, 6) is -0.230. The molecule has 2 rings (SSSR count). The third-order valence-corrected chi connectivity index (χ3v) is 3.54. The van der Waals surface area contributed by atoms with Gasteiger partial charge in [0.05, 0.1) is 10.7 Å². The molecule has 1 nitrogen and oxygen atoms in total. The van der Waals surface area contributed by atoms with E-state index in [4.69, 9.17) is 0 Å². The molecule has 0 spiro atoms. The van der Waals surface area contributed by atoms with Crippen molar-refractivity contribution in [2.24, 2.45) is 0 Å². The van der Waals surface area contributed by atoms with Gasteiger partial charge >= 0.3 is 0 Å². The molecule has 0 aliphatic heterocycles. The molecule has 0 saturated heterocycles. The lowest BCUT2D eigenvalue weighted by molar-refractivity contribution is 0.630. The van der Waals surface area contributed by atoms with Crippen molar-refractivity contribution in [2.75, 3.05) is 0 Å². The van der Waals surface area contributed by atoms with Crippen LogP contribution in [-0.4, -0.2) is 4.98 Å². The van der Waals surface area contributed by atoms with Crippen molar-refractivity contribution in [1.82, 2.24) is 4.98 Å². The molecule has 78 valence electrons. The summed E-state index contributed by atoms with van der Waals surface area (Å²) in [6, 6.07) is 4.89. The van der Waals surface area contributed by atoms with Crippen molar-refractivity contribution >= 4 is 27.3 Å². The number of rotatable bonds is 2. The molecule has 0 unspecified atom stereocenters. The van der Waals surface area contributed by atoms with Crippen LogP contribution < -0.4 is 0 Å². The minimum Gasteiger partial charge on any atom is -0.241 e. The molecule has 0 aliphatic carbocycles. The zero-order valence-corrected chi connectivity index (χ0v) is 10.5. The maximum Gasteiger partial charge on any atom is 0.132 e. The van der Waals surface area contributed by atoms with Gasteiger partial charge < -0.3 is 0 Å². The summed E-state index contributed by atoms with van der Waals surface area (Å²) in [7, 11) is 0. The van der Waals surface area contributed by atoms with Gasteiger partial charge in [0, 0.05) is 15.4 Å². The van der Waals surface area contributed by atoms with Crippen molar-refractivity contribution in [3.8, 4) is 11.3 Å². The number of aryl methyl sites for hydroxylation is 1. The van der Waals surface area contributed by atoms with E-state index in [2.05, 4.69) is 20.9 Å². The predicted octanol–water partition coefficient (Wildman–Crippen LogP) is 4.27. The molecule has 0 bridgehead atoms. The van der Waals surface area contributed by atoms with Gasteiger partial charge in [-0.1, -0.05) is 22.9 Å². The van der Waals surface area contributed by atoms with Crippen LogP contribution in [-0.2, 0) is 6.42 Å². The maximum atomic E-state index is 13.5. The third-order valence-electron chi connectivity index (χ3n) is 2.06. The Kier molecular flexibility index (Phi) is 3.17. The van der Waals surface area contributed by atoms with Crippen LogP contribution >= 0.6 is 27.3 Å². The second-order valence-corrected chi connectivity index (χ2v) is 4.96. The number of benzene rings is 1. The third kappa shape index (κ3) is 2.26. The Bertz CT molecular complexity index is 481. The van der Waals surface area contributed by atoms with E-state index in [1.54, 1.807) is 23.5 Å². The molecule has 1 aromatic carbocycles. The van der Waals surface area contributed by atoms with E-state index in [0.717, 1.165) is 21.6 Å². The highest BCUT2D eigenvalue weighted by Crippen LogP contribution is 2.27. The number of hydrogen-bond acceptors (Lipinski definition) is 2. The predicted molar refractivity (Wildman–Crippen MR) is 64.6 cm³/mol. The summed E-state index contributed by atoms with van der Waals surface area (Å²) in [6.45, 7) is 2.04. The maximum absolute atomic E-state index is 13.5. The van der Waals surface area contributed by atoms with Crippen molar-refractivity contribution in [2.45, 2.75) is 13.3 Å². The molecule has 0 amide bonds. The van der Waals surface area contributed by atoms with Crippen molar-refractivity contribution in [3.05, 3.63) is 38.9 Å². The number of halogens is 2. The van der Waals surface area contributed by atoms with E-state index >= 15 is 0 Å². The van der Waals surface area contributed by atoms with Gasteiger partial charge in [-0.15, -0.1) is 11.3 Å².